The third-order valence-corrected chi connectivity index (χ3v) is 4.07. The van der Waals surface area contributed by atoms with E-state index in [0.717, 1.165) is 36.4 Å². The number of pyridine rings is 1. The molecule has 0 spiro atoms. The zero-order chi connectivity index (χ0) is 14.1. The van der Waals surface area contributed by atoms with Gasteiger partial charge in [0.25, 0.3) is 0 Å². The number of benzene rings is 2. The molecule has 1 saturated heterocycles. The van der Waals surface area contributed by atoms with E-state index in [-0.39, 0.29) is 6.10 Å². The summed E-state index contributed by atoms with van der Waals surface area (Å²) in [5.74, 6) is 0. The van der Waals surface area contributed by atoms with Crippen LogP contribution in [0, 0.1) is 0 Å². The lowest BCUT2D eigenvalue weighted by Gasteiger charge is -2.14. The van der Waals surface area contributed by atoms with Gasteiger partial charge in [0.1, 0.15) is 6.10 Å². The zero-order valence-electron chi connectivity index (χ0n) is 11.8. The van der Waals surface area contributed by atoms with Gasteiger partial charge in [-0.3, -0.25) is 0 Å². The average Bonchev–Trinajstić information content (AvgIpc) is 3.09. The van der Waals surface area contributed by atoms with Crippen LogP contribution in [0.4, 0.5) is 0 Å². The van der Waals surface area contributed by atoms with Gasteiger partial charge in [-0.2, -0.15) is 0 Å². The second-order valence-electron chi connectivity index (χ2n) is 5.48. The van der Waals surface area contributed by atoms with E-state index in [1.165, 1.54) is 10.8 Å². The van der Waals surface area contributed by atoms with E-state index < -0.39 is 0 Å². The quantitative estimate of drug-likeness (QED) is 0.673. The van der Waals surface area contributed by atoms with Crippen molar-refractivity contribution < 1.29 is 4.74 Å². The molecule has 1 unspecified atom stereocenters. The van der Waals surface area contributed by atoms with Gasteiger partial charge < -0.3 is 4.74 Å². The van der Waals surface area contributed by atoms with Crippen LogP contribution in [0.25, 0.3) is 22.0 Å². The molecule has 1 aliphatic rings. The highest BCUT2D eigenvalue weighted by atomic mass is 16.5. The van der Waals surface area contributed by atoms with Crippen LogP contribution in [0.15, 0.2) is 60.7 Å². The number of hydrogen-bond acceptors (Lipinski definition) is 2. The maximum Gasteiger partial charge on any atom is 0.100 e. The number of nitrogens with zero attached hydrogens (tertiary/aromatic N) is 1. The zero-order valence-corrected chi connectivity index (χ0v) is 11.8. The van der Waals surface area contributed by atoms with Crippen molar-refractivity contribution in [2.45, 2.75) is 18.9 Å². The van der Waals surface area contributed by atoms with Crippen molar-refractivity contribution in [3.63, 3.8) is 0 Å². The summed E-state index contributed by atoms with van der Waals surface area (Å²) in [6, 6.07) is 21.0. The summed E-state index contributed by atoms with van der Waals surface area (Å²) >= 11 is 0. The Hall–Kier alpha value is -2.19. The van der Waals surface area contributed by atoms with E-state index in [4.69, 9.17) is 9.72 Å². The van der Waals surface area contributed by atoms with E-state index in [1.54, 1.807) is 0 Å². The number of ether oxygens (including phenoxy) is 1. The van der Waals surface area contributed by atoms with Crippen molar-refractivity contribution >= 4 is 10.8 Å². The largest absolute Gasteiger partial charge is 0.372 e. The molecule has 2 aromatic carbocycles. The Bertz CT molecular complexity index is 761. The van der Waals surface area contributed by atoms with Crippen LogP contribution in [0.2, 0.25) is 0 Å². The summed E-state index contributed by atoms with van der Waals surface area (Å²) in [6.45, 7) is 0.843. The van der Waals surface area contributed by atoms with E-state index in [1.807, 2.05) is 6.07 Å². The highest BCUT2D eigenvalue weighted by Gasteiger charge is 2.22. The Labute approximate surface area is 124 Å². The molecule has 3 aromatic rings. The molecule has 4 rings (SSSR count). The van der Waals surface area contributed by atoms with Crippen molar-refractivity contribution in [3.05, 3.63) is 66.4 Å². The van der Waals surface area contributed by atoms with Gasteiger partial charge in [0, 0.05) is 17.6 Å². The van der Waals surface area contributed by atoms with Gasteiger partial charge in [0.2, 0.25) is 0 Å². The van der Waals surface area contributed by atoms with Crippen LogP contribution >= 0.6 is 0 Å². The molecule has 1 fully saturated rings. The first-order valence-electron chi connectivity index (χ1n) is 7.48. The summed E-state index contributed by atoms with van der Waals surface area (Å²) in [7, 11) is 0. The lowest BCUT2D eigenvalue weighted by atomic mass is 10.0. The molecule has 0 radical (unpaired) electrons. The fraction of sp³-hybridized carbons (Fsp3) is 0.211. The fourth-order valence-electron chi connectivity index (χ4n) is 3.02. The highest BCUT2D eigenvalue weighted by molar-refractivity contribution is 5.88. The molecule has 0 saturated carbocycles. The fourth-order valence-corrected chi connectivity index (χ4v) is 3.02. The molecule has 2 heterocycles. The first-order chi connectivity index (χ1) is 10.4. The monoisotopic (exact) mass is 275 g/mol. The van der Waals surface area contributed by atoms with Gasteiger partial charge in [-0.15, -0.1) is 0 Å². The molecule has 0 aliphatic carbocycles. The maximum atomic E-state index is 5.88. The Morgan fingerprint density at radius 1 is 0.952 bits per heavy atom. The first-order valence-corrected chi connectivity index (χ1v) is 7.48. The molecule has 1 atom stereocenters. The van der Waals surface area contributed by atoms with Crippen molar-refractivity contribution in [3.8, 4) is 11.3 Å². The Morgan fingerprint density at radius 3 is 2.57 bits per heavy atom. The number of fused-ring (bicyclic) bond motifs is 1. The third kappa shape index (κ3) is 2.32. The van der Waals surface area contributed by atoms with E-state index in [0.29, 0.717) is 0 Å². The van der Waals surface area contributed by atoms with Crippen LogP contribution in [-0.4, -0.2) is 11.6 Å². The predicted octanol–water partition coefficient (Wildman–Crippen LogP) is 4.75. The van der Waals surface area contributed by atoms with Crippen molar-refractivity contribution in [1.29, 1.82) is 0 Å². The molecule has 104 valence electrons. The molecule has 2 nitrogen and oxygen atoms in total. The summed E-state index contributed by atoms with van der Waals surface area (Å²) < 4.78 is 5.88. The van der Waals surface area contributed by atoms with Gasteiger partial charge in [0.05, 0.1) is 11.4 Å². The molecule has 0 bridgehead atoms. The third-order valence-electron chi connectivity index (χ3n) is 4.07. The van der Waals surface area contributed by atoms with Crippen molar-refractivity contribution in [2.24, 2.45) is 0 Å². The second kappa shape index (κ2) is 5.30. The predicted molar refractivity (Wildman–Crippen MR) is 85.1 cm³/mol. The smallest absolute Gasteiger partial charge is 0.100 e. The average molecular weight is 275 g/mol. The normalized spacial score (nSPS) is 18.2. The molecule has 2 heteroatoms. The second-order valence-corrected chi connectivity index (χ2v) is 5.48. The molecule has 1 aromatic heterocycles. The van der Waals surface area contributed by atoms with E-state index >= 15 is 0 Å². The van der Waals surface area contributed by atoms with Crippen LogP contribution in [0.1, 0.15) is 24.6 Å². The van der Waals surface area contributed by atoms with Crippen LogP contribution < -0.4 is 0 Å². The Balaban J connectivity index is 1.93. The van der Waals surface area contributed by atoms with Crippen molar-refractivity contribution in [2.75, 3.05) is 6.61 Å². The minimum atomic E-state index is 0.138. The highest BCUT2D eigenvalue weighted by Crippen LogP contribution is 2.34. The SMILES string of the molecule is c1ccc(-c2cc3ccccc3c(C3CCCO3)n2)cc1. The molecule has 0 amide bonds. The lowest BCUT2D eigenvalue weighted by molar-refractivity contribution is 0.110. The summed E-state index contributed by atoms with van der Waals surface area (Å²) in [5.41, 5.74) is 3.27. The standard InChI is InChI=1S/C19H17NO/c1-2-7-14(8-3-1)17-13-15-9-4-5-10-16(15)19(20-17)18-11-6-12-21-18/h1-5,7-10,13,18H,6,11-12H2. The molecular weight excluding hydrogens is 258 g/mol. The Kier molecular flexibility index (Phi) is 3.17. The van der Waals surface area contributed by atoms with Gasteiger partial charge in [-0.25, -0.2) is 4.98 Å². The molecule has 1 aliphatic heterocycles. The minimum absolute atomic E-state index is 0.138. The molecule has 21 heavy (non-hydrogen) atoms. The number of rotatable bonds is 2. The minimum Gasteiger partial charge on any atom is -0.372 e. The summed E-state index contributed by atoms with van der Waals surface area (Å²) in [6.07, 6.45) is 2.32. The molecule has 0 N–H and O–H groups in total. The van der Waals surface area contributed by atoms with Gasteiger partial charge >= 0.3 is 0 Å². The van der Waals surface area contributed by atoms with Crippen molar-refractivity contribution in [1.82, 2.24) is 4.98 Å². The summed E-state index contributed by atoms with van der Waals surface area (Å²) in [5, 5.41) is 2.45. The van der Waals surface area contributed by atoms with Gasteiger partial charge in [0.15, 0.2) is 0 Å². The number of hydrogen-bond donors (Lipinski definition) is 0. The molecular formula is C19H17NO. The maximum absolute atomic E-state index is 5.88. The Morgan fingerprint density at radius 2 is 1.76 bits per heavy atom. The van der Waals surface area contributed by atoms with Crippen LogP contribution in [0.5, 0.6) is 0 Å². The summed E-state index contributed by atoms with van der Waals surface area (Å²) in [4.78, 5) is 4.93. The van der Waals surface area contributed by atoms with Crippen LogP contribution in [0.3, 0.4) is 0 Å². The van der Waals surface area contributed by atoms with E-state index in [2.05, 4.69) is 54.6 Å². The first kappa shape index (κ1) is 12.5. The lowest BCUT2D eigenvalue weighted by Crippen LogP contribution is -2.02. The van der Waals surface area contributed by atoms with Gasteiger partial charge in [-0.05, 0) is 24.3 Å². The topological polar surface area (TPSA) is 22.1 Å². The number of aromatic nitrogens is 1. The van der Waals surface area contributed by atoms with Crippen LogP contribution in [-0.2, 0) is 4.74 Å². The van der Waals surface area contributed by atoms with E-state index in [9.17, 15) is 0 Å². The van der Waals surface area contributed by atoms with Gasteiger partial charge in [-0.1, -0.05) is 54.6 Å².